The summed E-state index contributed by atoms with van der Waals surface area (Å²) in [5.74, 6) is 1.19. The first-order chi connectivity index (χ1) is 11.5. The van der Waals surface area contributed by atoms with Crippen molar-refractivity contribution in [3.05, 3.63) is 70.9 Å². The maximum Gasteiger partial charge on any atom is 0.163 e. The zero-order valence-corrected chi connectivity index (χ0v) is 14.0. The lowest BCUT2D eigenvalue weighted by atomic mass is 10.1. The van der Waals surface area contributed by atoms with Crippen LogP contribution in [0, 0.1) is 26.6 Å². The second-order valence-electron chi connectivity index (χ2n) is 5.79. The van der Waals surface area contributed by atoms with Gasteiger partial charge in [-0.1, -0.05) is 12.1 Å². The fraction of sp³-hybridized carbons (Fsp3) is 0.211. The van der Waals surface area contributed by atoms with Crippen molar-refractivity contribution in [1.82, 2.24) is 15.0 Å². The van der Waals surface area contributed by atoms with Gasteiger partial charge >= 0.3 is 0 Å². The monoisotopic (exact) mass is 322 g/mol. The Labute approximate surface area is 140 Å². The molecular formula is C19H19FN4. The average Bonchev–Trinajstić information content (AvgIpc) is 2.60. The molecule has 0 radical (unpaired) electrons. The number of hydrogen-bond acceptors (Lipinski definition) is 4. The van der Waals surface area contributed by atoms with E-state index in [1.807, 2.05) is 32.0 Å². The molecule has 122 valence electrons. The predicted octanol–water partition coefficient (Wildman–Crippen LogP) is 4.22. The maximum absolute atomic E-state index is 13.7. The molecule has 2 aromatic heterocycles. The van der Waals surface area contributed by atoms with Gasteiger partial charge < -0.3 is 5.32 Å². The van der Waals surface area contributed by atoms with Gasteiger partial charge in [-0.05, 0) is 50.1 Å². The van der Waals surface area contributed by atoms with Gasteiger partial charge in [0, 0.05) is 35.8 Å². The van der Waals surface area contributed by atoms with Crippen LogP contribution in [-0.2, 0) is 6.54 Å². The third-order valence-electron chi connectivity index (χ3n) is 4.01. The third kappa shape index (κ3) is 3.40. The molecule has 0 saturated carbocycles. The van der Waals surface area contributed by atoms with Crippen LogP contribution in [0.25, 0.3) is 11.4 Å². The van der Waals surface area contributed by atoms with Gasteiger partial charge in [0.2, 0.25) is 0 Å². The summed E-state index contributed by atoms with van der Waals surface area (Å²) in [5.41, 5.74) is 4.27. The second-order valence-corrected chi connectivity index (χ2v) is 5.79. The van der Waals surface area contributed by atoms with Gasteiger partial charge in [-0.25, -0.2) is 14.4 Å². The van der Waals surface area contributed by atoms with Gasteiger partial charge in [-0.15, -0.1) is 0 Å². The smallest absolute Gasteiger partial charge is 0.163 e. The first-order valence-electron chi connectivity index (χ1n) is 7.79. The summed E-state index contributed by atoms with van der Waals surface area (Å²) in [6.45, 7) is 6.18. The Morgan fingerprint density at radius 2 is 1.92 bits per heavy atom. The van der Waals surface area contributed by atoms with Gasteiger partial charge in [-0.2, -0.15) is 0 Å². The molecule has 0 aliphatic heterocycles. The van der Waals surface area contributed by atoms with Crippen LogP contribution in [0.15, 0.2) is 42.7 Å². The zero-order chi connectivity index (χ0) is 17.1. The standard InChI is InChI=1S/C19H19FN4/c1-12-6-7-15(9-17(12)20)10-22-18-13(2)14(3)23-19(24-18)16-5-4-8-21-11-16/h4-9,11H,10H2,1-3H3,(H,22,23,24). The molecule has 2 heterocycles. The molecule has 0 amide bonds. The number of aromatic nitrogens is 3. The average molecular weight is 322 g/mol. The van der Waals surface area contributed by atoms with Crippen molar-refractivity contribution in [2.45, 2.75) is 27.3 Å². The van der Waals surface area contributed by atoms with E-state index >= 15 is 0 Å². The van der Waals surface area contributed by atoms with Crippen LogP contribution in [0.4, 0.5) is 10.2 Å². The van der Waals surface area contributed by atoms with E-state index in [-0.39, 0.29) is 5.82 Å². The lowest BCUT2D eigenvalue weighted by Gasteiger charge is -2.13. The number of pyridine rings is 1. The van der Waals surface area contributed by atoms with E-state index in [0.717, 1.165) is 28.2 Å². The summed E-state index contributed by atoms with van der Waals surface area (Å²) in [4.78, 5) is 13.2. The molecule has 1 aromatic carbocycles. The van der Waals surface area contributed by atoms with Crippen molar-refractivity contribution in [2.24, 2.45) is 0 Å². The van der Waals surface area contributed by atoms with E-state index < -0.39 is 0 Å². The Balaban J connectivity index is 1.87. The third-order valence-corrected chi connectivity index (χ3v) is 4.01. The van der Waals surface area contributed by atoms with E-state index in [1.165, 1.54) is 0 Å². The van der Waals surface area contributed by atoms with Crippen molar-refractivity contribution in [3.8, 4) is 11.4 Å². The quantitative estimate of drug-likeness (QED) is 0.781. The lowest BCUT2D eigenvalue weighted by molar-refractivity contribution is 0.616. The largest absolute Gasteiger partial charge is 0.366 e. The number of nitrogens with zero attached hydrogens (tertiary/aromatic N) is 3. The highest BCUT2D eigenvalue weighted by Crippen LogP contribution is 2.21. The van der Waals surface area contributed by atoms with Gasteiger partial charge in [0.25, 0.3) is 0 Å². The minimum absolute atomic E-state index is 0.194. The molecule has 5 heteroatoms. The van der Waals surface area contributed by atoms with Crippen molar-refractivity contribution < 1.29 is 4.39 Å². The molecule has 3 rings (SSSR count). The van der Waals surface area contributed by atoms with E-state index in [9.17, 15) is 4.39 Å². The fourth-order valence-electron chi connectivity index (χ4n) is 2.36. The summed E-state index contributed by atoms with van der Waals surface area (Å²) in [6.07, 6.45) is 3.46. The van der Waals surface area contributed by atoms with E-state index in [2.05, 4.69) is 20.3 Å². The van der Waals surface area contributed by atoms with Crippen LogP contribution in [0.5, 0.6) is 0 Å². The minimum Gasteiger partial charge on any atom is -0.366 e. The van der Waals surface area contributed by atoms with E-state index in [0.29, 0.717) is 17.9 Å². The molecule has 0 aliphatic rings. The molecule has 0 aliphatic carbocycles. The molecule has 0 atom stereocenters. The number of aryl methyl sites for hydroxylation is 2. The number of halogens is 1. The molecule has 0 spiro atoms. The molecule has 0 bridgehead atoms. The van der Waals surface area contributed by atoms with Crippen LogP contribution in [-0.4, -0.2) is 15.0 Å². The Bertz CT molecular complexity index is 863. The molecule has 24 heavy (non-hydrogen) atoms. The van der Waals surface area contributed by atoms with Crippen LogP contribution >= 0.6 is 0 Å². The van der Waals surface area contributed by atoms with Crippen LogP contribution in [0.3, 0.4) is 0 Å². The van der Waals surface area contributed by atoms with E-state index in [1.54, 1.807) is 31.5 Å². The molecular weight excluding hydrogens is 303 g/mol. The normalized spacial score (nSPS) is 10.7. The van der Waals surface area contributed by atoms with Gasteiger partial charge in [0.15, 0.2) is 5.82 Å². The highest BCUT2D eigenvalue weighted by atomic mass is 19.1. The molecule has 1 N–H and O–H groups in total. The predicted molar refractivity (Wildman–Crippen MR) is 93.2 cm³/mol. The molecule has 4 nitrogen and oxygen atoms in total. The molecule has 3 aromatic rings. The summed E-state index contributed by atoms with van der Waals surface area (Å²) in [7, 11) is 0. The first-order valence-corrected chi connectivity index (χ1v) is 7.79. The van der Waals surface area contributed by atoms with Crippen molar-refractivity contribution in [1.29, 1.82) is 0 Å². The molecule has 0 fully saturated rings. The number of benzene rings is 1. The SMILES string of the molecule is Cc1ccc(CNc2nc(-c3cccnc3)nc(C)c2C)cc1F. The lowest BCUT2D eigenvalue weighted by Crippen LogP contribution is -2.07. The summed E-state index contributed by atoms with van der Waals surface area (Å²) >= 11 is 0. The summed E-state index contributed by atoms with van der Waals surface area (Å²) in [6, 6.07) is 9.03. The molecule has 0 unspecified atom stereocenters. The summed E-state index contributed by atoms with van der Waals surface area (Å²) < 4.78 is 13.7. The zero-order valence-electron chi connectivity index (χ0n) is 14.0. The topological polar surface area (TPSA) is 50.7 Å². The second kappa shape index (κ2) is 6.74. The van der Waals surface area contributed by atoms with Crippen LogP contribution in [0.1, 0.15) is 22.4 Å². The van der Waals surface area contributed by atoms with Gasteiger partial charge in [0.1, 0.15) is 11.6 Å². The Hall–Kier alpha value is -2.82. The van der Waals surface area contributed by atoms with E-state index in [4.69, 9.17) is 0 Å². The van der Waals surface area contributed by atoms with Gasteiger partial charge in [0.05, 0.1) is 0 Å². The minimum atomic E-state index is -0.194. The highest BCUT2D eigenvalue weighted by Gasteiger charge is 2.10. The summed E-state index contributed by atoms with van der Waals surface area (Å²) in [5, 5.41) is 3.29. The van der Waals surface area contributed by atoms with Crippen molar-refractivity contribution >= 4 is 5.82 Å². The number of hydrogen-bond donors (Lipinski definition) is 1. The van der Waals surface area contributed by atoms with Crippen LogP contribution in [0.2, 0.25) is 0 Å². The van der Waals surface area contributed by atoms with Crippen molar-refractivity contribution in [3.63, 3.8) is 0 Å². The fourth-order valence-corrected chi connectivity index (χ4v) is 2.36. The number of nitrogens with one attached hydrogen (secondary N) is 1. The van der Waals surface area contributed by atoms with Crippen molar-refractivity contribution in [2.75, 3.05) is 5.32 Å². The Kier molecular flexibility index (Phi) is 4.51. The maximum atomic E-state index is 13.7. The first kappa shape index (κ1) is 16.1. The molecule has 0 saturated heterocycles. The van der Waals surface area contributed by atoms with Crippen LogP contribution < -0.4 is 5.32 Å². The highest BCUT2D eigenvalue weighted by molar-refractivity contribution is 5.58. The Morgan fingerprint density at radius 1 is 1.08 bits per heavy atom. The Morgan fingerprint density at radius 3 is 2.62 bits per heavy atom. The number of rotatable bonds is 4. The van der Waals surface area contributed by atoms with Gasteiger partial charge in [-0.3, -0.25) is 4.98 Å². The number of anilines is 1.